The van der Waals surface area contributed by atoms with Gasteiger partial charge in [-0.05, 0) is 62.4 Å². The van der Waals surface area contributed by atoms with Crippen LogP contribution in [0, 0.1) is 17.3 Å². The number of guanidine groups is 1. The van der Waals surface area contributed by atoms with Gasteiger partial charge in [0.1, 0.15) is 0 Å². The van der Waals surface area contributed by atoms with Crippen LogP contribution in [0.1, 0.15) is 52.4 Å². The standard InChI is InChI=1S/C20H40N4O/c1-17(2)14-20(8-5-9-20)16-23-19(21-3)22-15-18-6-10-24(11-7-18)12-13-25-4/h17-18H,5-16H2,1-4H3,(H2,21,22,23). The summed E-state index contributed by atoms with van der Waals surface area (Å²) >= 11 is 0. The summed E-state index contributed by atoms with van der Waals surface area (Å²) in [5, 5.41) is 7.17. The van der Waals surface area contributed by atoms with Crippen molar-refractivity contribution >= 4 is 5.96 Å². The molecule has 1 aliphatic carbocycles. The molecule has 1 aliphatic heterocycles. The van der Waals surface area contributed by atoms with E-state index in [1.165, 1.54) is 51.6 Å². The zero-order valence-corrected chi connectivity index (χ0v) is 16.9. The number of nitrogens with zero attached hydrogens (tertiary/aromatic N) is 2. The number of piperidine rings is 1. The Labute approximate surface area is 155 Å². The molecule has 1 saturated heterocycles. The van der Waals surface area contributed by atoms with Gasteiger partial charge < -0.3 is 20.3 Å². The van der Waals surface area contributed by atoms with E-state index in [0.29, 0.717) is 5.41 Å². The van der Waals surface area contributed by atoms with Gasteiger partial charge in [0.05, 0.1) is 6.61 Å². The highest BCUT2D eigenvalue weighted by Gasteiger charge is 2.37. The van der Waals surface area contributed by atoms with E-state index >= 15 is 0 Å². The minimum atomic E-state index is 0.512. The average molecular weight is 353 g/mol. The van der Waals surface area contributed by atoms with Crippen LogP contribution in [0.15, 0.2) is 4.99 Å². The van der Waals surface area contributed by atoms with E-state index in [2.05, 4.69) is 34.4 Å². The molecule has 0 spiro atoms. The number of likely N-dealkylation sites (tertiary alicyclic amines) is 1. The first kappa shape index (κ1) is 20.5. The lowest BCUT2D eigenvalue weighted by molar-refractivity contribution is 0.104. The third kappa shape index (κ3) is 6.78. The second-order valence-corrected chi connectivity index (χ2v) is 8.54. The molecule has 0 aromatic rings. The highest BCUT2D eigenvalue weighted by Crippen LogP contribution is 2.45. The number of hydrogen-bond acceptors (Lipinski definition) is 3. The SMILES string of the molecule is CN=C(NCC1CCN(CCOC)CC1)NCC1(CC(C)C)CCC1. The fraction of sp³-hybridized carbons (Fsp3) is 0.950. The summed E-state index contributed by atoms with van der Waals surface area (Å²) in [5.41, 5.74) is 0.512. The van der Waals surface area contributed by atoms with E-state index in [4.69, 9.17) is 4.74 Å². The lowest BCUT2D eigenvalue weighted by Crippen LogP contribution is -2.48. The second-order valence-electron chi connectivity index (χ2n) is 8.54. The van der Waals surface area contributed by atoms with Crippen LogP contribution < -0.4 is 10.6 Å². The van der Waals surface area contributed by atoms with Gasteiger partial charge in [-0.1, -0.05) is 20.3 Å². The first-order chi connectivity index (χ1) is 12.1. The Balaban J connectivity index is 1.65. The second kappa shape index (κ2) is 10.4. The molecule has 1 saturated carbocycles. The molecular weight excluding hydrogens is 312 g/mol. The largest absolute Gasteiger partial charge is 0.383 e. The van der Waals surface area contributed by atoms with Crippen molar-refractivity contribution in [2.24, 2.45) is 22.2 Å². The number of rotatable bonds is 9. The van der Waals surface area contributed by atoms with Gasteiger partial charge >= 0.3 is 0 Å². The molecular formula is C20H40N4O. The molecule has 0 radical (unpaired) electrons. The van der Waals surface area contributed by atoms with Crippen LogP contribution in [0.5, 0.6) is 0 Å². The quantitative estimate of drug-likeness (QED) is 0.495. The molecule has 0 amide bonds. The normalized spacial score (nSPS) is 22.0. The molecule has 5 nitrogen and oxygen atoms in total. The number of nitrogens with one attached hydrogen (secondary N) is 2. The van der Waals surface area contributed by atoms with Gasteiger partial charge in [0, 0.05) is 33.8 Å². The molecule has 1 heterocycles. The van der Waals surface area contributed by atoms with E-state index in [9.17, 15) is 0 Å². The zero-order chi connectivity index (χ0) is 18.1. The fourth-order valence-corrected chi connectivity index (χ4v) is 4.36. The number of ether oxygens (including phenoxy) is 1. The summed E-state index contributed by atoms with van der Waals surface area (Å²) in [6.07, 6.45) is 8.00. The summed E-state index contributed by atoms with van der Waals surface area (Å²) in [5.74, 6) is 2.52. The number of methoxy groups -OCH3 is 1. The zero-order valence-electron chi connectivity index (χ0n) is 16.9. The van der Waals surface area contributed by atoms with Gasteiger partial charge in [-0.3, -0.25) is 4.99 Å². The highest BCUT2D eigenvalue weighted by molar-refractivity contribution is 5.79. The lowest BCUT2D eigenvalue weighted by Gasteiger charge is -2.43. The summed E-state index contributed by atoms with van der Waals surface area (Å²) < 4.78 is 5.18. The van der Waals surface area contributed by atoms with Crippen molar-refractivity contribution in [2.45, 2.75) is 52.4 Å². The molecule has 0 atom stereocenters. The summed E-state index contributed by atoms with van der Waals surface area (Å²) in [6.45, 7) is 11.1. The van der Waals surface area contributed by atoms with Crippen LogP contribution in [0.25, 0.3) is 0 Å². The van der Waals surface area contributed by atoms with Crippen LogP contribution in [0.4, 0.5) is 0 Å². The lowest BCUT2D eigenvalue weighted by atomic mass is 9.64. The van der Waals surface area contributed by atoms with Crippen LogP contribution in [-0.4, -0.2) is 64.3 Å². The van der Waals surface area contributed by atoms with E-state index in [1.54, 1.807) is 7.11 Å². The molecule has 2 rings (SSSR count). The average Bonchev–Trinajstić information content (AvgIpc) is 2.58. The molecule has 0 unspecified atom stereocenters. The van der Waals surface area contributed by atoms with Gasteiger partial charge in [0.25, 0.3) is 0 Å². The predicted molar refractivity (Wildman–Crippen MR) is 106 cm³/mol. The Bertz CT molecular complexity index is 399. The number of aliphatic imine (C=N–C) groups is 1. The van der Waals surface area contributed by atoms with Gasteiger partial charge in [0.2, 0.25) is 0 Å². The molecule has 25 heavy (non-hydrogen) atoms. The maximum absolute atomic E-state index is 5.18. The Morgan fingerprint density at radius 2 is 1.96 bits per heavy atom. The minimum absolute atomic E-state index is 0.512. The van der Waals surface area contributed by atoms with Crippen molar-refractivity contribution in [2.75, 3.05) is 53.5 Å². The van der Waals surface area contributed by atoms with Crippen LogP contribution in [0.3, 0.4) is 0 Å². The molecule has 5 heteroatoms. The maximum Gasteiger partial charge on any atom is 0.191 e. The van der Waals surface area contributed by atoms with Crippen molar-refractivity contribution in [3.63, 3.8) is 0 Å². The van der Waals surface area contributed by atoms with Gasteiger partial charge in [-0.25, -0.2) is 0 Å². The van der Waals surface area contributed by atoms with Crippen molar-refractivity contribution in [3.8, 4) is 0 Å². The first-order valence-corrected chi connectivity index (χ1v) is 10.2. The molecule has 0 bridgehead atoms. The van der Waals surface area contributed by atoms with E-state index in [0.717, 1.165) is 44.0 Å². The van der Waals surface area contributed by atoms with Gasteiger partial charge in [0.15, 0.2) is 5.96 Å². The van der Waals surface area contributed by atoms with E-state index < -0.39 is 0 Å². The van der Waals surface area contributed by atoms with E-state index in [-0.39, 0.29) is 0 Å². The molecule has 2 N–H and O–H groups in total. The van der Waals surface area contributed by atoms with Crippen LogP contribution >= 0.6 is 0 Å². The third-order valence-corrected chi connectivity index (χ3v) is 5.99. The van der Waals surface area contributed by atoms with E-state index in [1.807, 2.05) is 7.05 Å². The van der Waals surface area contributed by atoms with Crippen LogP contribution in [0.2, 0.25) is 0 Å². The molecule has 2 fully saturated rings. The smallest absolute Gasteiger partial charge is 0.191 e. The minimum Gasteiger partial charge on any atom is -0.383 e. The Hall–Kier alpha value is -0.810. The number of hydrogen-bond donors (Lipinski definition) is 2. The van der Waals surface area contributed by atoms with Crippen molar-refractivity contribution < 1.29 is 4.74 Å². The Morgan fingerprint density at radius 3 is 2.48 bits per heavy atom. The Kier molecular flexibility index (Phi) is 8.50. The van der Waals surface area contributed by atoms with Crippen molar-refractivity contribution in [1.82, 2.24) is 15.5 Å². The summed E-state index contributed by atoms with van der Waals surface area (Å²) in [7, 11) is 3.67. The van der Waals surface area contributed by atoms with Crippen LogP contribution in [-0.2, 0) is 4.74 Å². The third-order valence-electron chi connectivity index (χ3n) is 5.99. The maximum atomic E-state index is 5.18. The molecule has 0 aromatic heterocycles. The summed E-state index contributed by atoms with van der Waals surface area (Å²) in [6, 6.07) is 0. The molecule has 146 valence electrons. The topological polar surface area (TPSA) is 48.9 Å². The fourth-order valence-electron chi connectivity index (χ4n) is 4.36. The van der Waals surface area contributed by atoms with Crippen molar-refractivity contribution in [1.29, 1.82) is 0 Å². The van der Waals surface area contributed by atoms with Gasteiger partial charge in [-0.2, -0.15) is 0 Å². The molecule has 0 aromatic carbocycles. The summed E-state index contributed by atoms with van der Waals surface area (Å²) in [4.78, 5) is 6.95. The molecule has 2 aliphatic rings. The predicted octanol–water partition coefficient (Wildman–Crippen LogP) is 2.73. The Morgan fingerprint density at radius 1 is 1.24 bits per heavy atom. The highest BCUT2D eigenvalue weighted by atomic mass is 16.5. The van der Waals surface area contributed by atoms with Crippen molar-refractivity contribution in [3.05, 3.63) is 0 Å². The first-order valence-electron chi connectivity index (χ1n) is 10.2. The monoisotopic (exact) mass is 352 g/mol. The van der Waals surface area contributed by atoms with Gasteiger partial charge in [-0.15, -0.1) is 0 Å².